The summed E-state index contributed by atoms with van der Waals surface area (Å²) in [6, 6.07) is 8.71. The van der Waals surface area contributed by atoms with Crippen LogP contribution < -0.4 is 5.32 Å². The maximum atomic E-state index is 13.4. The highest BCUT2D eigenvalue weighted by Gasteiger charge is 2.14. The standard InChI is InChI=1S/C13H7ClFN3O/c14-12-8(3-2-6-17-12)13(19)18-11-5-1-4-10(15)9(11)7-16/h1-6H,(H,18,19). The fraction of sp³-hybridized carbons (Fsp3) is 0. The Balaban J connectivity index is 2.33. The van der Waals surface area contributed by atoms with Gasteiger partial charge < -0.3 is 5.32 Å². The molecule has 0 aliphatic rings. The van der Waals surface area contributed by atoms with Gasteiger partial charge in [-0.25, -0.2) is 9.37 Å². The largest absolute Gasteiger partial charge is 0.321 e. The molecule has 1 aromatic carbocycles. The fourth-order valence-corrected chi connectivity index (χ4v) is 1.69. The molecule has 0 saturated carbocycles. The Morgan fingerprint density at radius 3 is 2.84 bits per heavy atom. The number of anilines is 1. The SMILES string of the molecule is N#Cc1c(F)cccc1NC(=O)c1cccnc1Cl. The van der Waals surface area contributed by atoms with Gasteiger partial charge in [-0.1, -0.05) is 17.7 Å². The van der Waals surface area contributed by atoms with Crippen LogP contribution in [0, 0.1) is 17.1 Å². The first-order chi connectivity index (χ1) is 9.13. The first kappa shape index (κ1) is 13.0. The van der Waals surface area contributed by atoms with Crippen LogP contribution in [0.2, 0.25) is 5.15 Å². The Morgan fingerprint density at radius 2 is 2.16 bits per heavy atom. The van der Waals surface area contributed by atoms with Gasteiger partial charge in [0.25, 0.3) is 5.91 Å². The van der Waals surface area contributed by atoms with Crippen LogP contribution in [-0.2, 0) is 0 Å². The predicted molar refractivity (Wildman–Crippen MR) is 68.3 cm³/mol. The molecule has 1 heterocycles. The van der Waals surface area contributed by atoms with Crippen molar-refractivity contribution in [2.75, 3.05) is 5.32 Å². The molecule has 0 bridgehead atoms. The average molecular weight is 276 g/mol. The smallest absolute Gasteiger partial charge is 0.258 e. The number of nitriles is 1. The van der Waals surface area contributed by atoms with E-state index in [1.54, 1.807) is 12.1 Å². The third-order valence-electron chi connectivity index (χ3n) is 2.38. The van der Waals surface area contributed by atoms with E-state index >= 15 is 0 Å². The van der Waals surface area contributed by atoms with Gasteiger partial charge in [0.15, 0.2) is 0 Å². The van der Waals surface area contributed by atoms with Gasteiger partial charge in [0.1, 0.15) is 22.6 Å². The molecule has 0 aliphatic carbocycles. The number of aromatic nitrogens is 1. The molecule has 1 N–H and O–H groups in total. The van der Waals surface area contributed by atoms with Crippen molar-refractivity contribution >= 4 is 23.2 Å². The van der Waals surface area contributed by atoms with Crippen molar-refractivity contribution < 1.29 is 9.18 Å². The molecule has 0 saturated heterocycles. The van der Waals surface area contributed by atoms with Crippen LogP contribution in [0.25, 0.3) is 0 Å². The van der Waals surface area contributed by atoms with Crippen molar-refractivity contribution in [2.45, 2.75) is 0 Å². The summed E-state index contributed by atoms with van der Waals surface area (Å²) < 4.78 is 13.4. The Labute approximate surface area is 113 Å². The molecule has 0 aliphatic heterocycles. The fourth-order valence-electron chi connectivity index (χ4n) is 1.49. The second kappa shape index (κ2) is 5.46. The summed E-state index contributed by atoms with van der Waals surface area (Å²) in [5.41, 5.74) is 0.0144. The quantitative estimate of drug-likeness (QED) is 0.857. The first-order valence-electron chi connectivity index (χ1n) is 5.24. The molecule has 94 valence electrons. The van der Waals surface area contributed by atoms with Gasteiger partial charge in [0, 0.05) is 6.20 Å². The van der Waals surface area contributed by atoms with Gasteiger partial charge in [-0.2, -0.15) is 5.26 Å². The van der Waals surface area contributed by atoms with Crippen LogP contribution >= 0.6 is 11.6 Å². The van der Waals surface area contributed by atoms with E-state index in [0.717, 1.165) is 6.07 Å². The Morgan fingerprint density at radius 1 is 1.37 bits per heavy atom. The number of carbonyl (C=O) groups is 1. The minimum absolute atomic E-state index is 0.0370. The van der Waals surface area contributed by atoms with Crippen LogP contribution in [0.5, 0.6) is 0 Å². The summed E-state index contributed by atoms with van der Waals surface area (Å²) in [6.07, 6.45) is 1.45. The molecule has 0 spiro atoms. The summed E-state index contributed by atoms with van der Waals surface area (Å²) in [5.74, 6) is -1.25. The number of nitrogens with one attached hydrogen (secondary N) is 1. The monoisotopic (exact) mass is 275 g/mol. The molecule has 1 aromatic heterocycles. The van der Waals surface area contributed by atoms with E-state index in [0.29, 0.717) is 0 Å². The summed E-state index contributed by atoms with van der Waals surface area (Å²) in [7, 11) is 0. The zero-order chi connectivity index (χ0) is 13.8. The molecule has 19 heavy (non-hydrogen) atoms. The second-order valence-electron chi connectivity index (χ2n) is 3.57. The average Bonchev–Trinajstić information content (AvgIpc) is 2.39. The normalized spacial score (nSPS) is 9.74. The number of benzene rings is 1. The molecule has 2 rings (SSSR count). The number of amides is 1. The number of pyridine rings is 1. The summed E-state index contributed by atoms with van der Waals surface area (Å²) in [6.45, 7) is 0. The number of nitrogens with zero attached hydrogens (tertiary/aromatic N) is 2. The van der Waals surface area contributed by atoms with Gasteiger partial charge >= 0.3 is 0 Å². The van der Waals surface area contributed by atoms with Crippen molar-refractivity contribution in [3.8, 4) is 6.07 Å². The van der Waals surface area contributed by atoms with Crippen LogP contribution in [-0.4, -0.2) is 10.9 Å². The third-order valence-corrected chi connectivity index (χ3v) is 2.68. The van der Waals surface area contributed by atoms with E-state index in [1.807, 2.05) is 0 Å². The minimum atomic E-state index is -0.697. The van der Waals surface area contributed by atoms with E-state index in [1.165, 1.54) is 24.4 Å². The Kier molecular flexibility index (Phi) is 3.74. The lowest BCUT2D eigenvalue weighted by Gasteiger charge is -2.08. The zero-order valence-electron chi connectivity index (χ0n) is 9.52. The molecule has 0 radical (unpaired) electrons. The van der Waals surface area contributed by atoms with Crippen LogP contribution in [0.15, 0.2) is 36.5 Å². The molecule has 2 aromatic rings. The molecule has 4 nitrogen and oxygen atoms in total. The Bertz CT molecular complexity index is 682. The van der Waals surface area contributed by atoms with Crippen molar-refractivity contribution in [3.05, 3.63) is 58.6 Å². The van der Waals surface area contributed by atoms with Crippen molar-refractivity contribution in [3.63, 3.8) is 0 Å². The molecule has 6 heteroatoms. The van der Waals surface area contributed by atoms with Gasteiger partial charge in [-0.3, -0.25) is 4.79 Å². The number of hydrogen-bond donors (Lipinski definition) is 1. The van der Waals surface area contributed by atoms with Crippen LogP contribution in [0.4, 0.5) is 10.1 Å². The first-order valence-corrected chi connectivity index (χ1v) is 5.61. The molecule has 0 atom stereocenters. The topological polar surface area (TPSA) is 65.8 Å². The van der Waals surface area contributed by atoms with E-state index in [-0.39, 0.29) is 22.0 Å². The number of carbonyl (C=O) groups excluding carboxylic acids is 1. The van der Waals surface area contributed by atoms with E-state index in [9.17, 15) is 9.18 Å². The minimum Gasteiger partial charge on any atom is -0.321 e. The van der Waals surface area contributed by atoms with Gasteiger partial charge in [-0.05, 0) is 24.3 Å². The predicted octanol–water partition coefficient (Wildman–Crippen LogP) is 3.00. The Hall–Kier alpha value is -2.45. The maximum Gasteiger partial charge on any atom is 0.258 e. The lowest BCUT2D eigenvalue weighted by atomic mass is 10.1. The molecule has 0 fully saturated rings. The molecule has 0 unspecified atom stereocenters. The van der Waals surface area contributed by atoms with Crippen molar-refractivity contribution in [1.82, 2.24) is 4.98 Å². The summed E-state index contributed by atoms with van der Waals surface area (Å²) >= 11 is 5.78. The zero-order valence-corrected chi connectivity index (χ0v) is 10.3. The molecular formula is C13H7ClFN3O. The van der Waals surface area contributed by atoms with Crippen LogP contribution in [0.1, 0.15) is 15.9 Å². The number of halogens is 2. The molecule has 1 amide bonds. The summed E-state index contributed by atoms with van der Waals surface area (Å²) in [5, 5.41) is 11.3. The highest BCUT2D eigenvalue weighted by atomic mass is 35.5. The van der Waals surface area contributed by atoms with Gasteiger partial charge in [0.05, 0.1) is 11.3 Å². The lowest BCUT2D eigenvalue weighted by molar-refractivity contribution is 0.102. The lowest BCUT2D eigenvalue weighted by Crippen LogP contribution is -2.14. The second-order valence-corrected chi connectivity index (χ2v) is 3.93. The maximum absolute atomic E-state index is 13.4. The highest BCUT2D eigenvalue weighted by molar-refractivity contribution is 6.33. The van der Waals surface area contributed by atoms with Gasteiger partial charge in [0.2, 0.25) is 0 Å². The van der Waals surface area contributed by atoms with E-state index < -0.39 is 11.7 Å². The highest BCUT2D eigenvalue weighted by Crippen LogP contribution is 2.20. The number of rotatable bonds is 2. The molecular weight excluding hydrogens is 269 g/mol. The van der Waals surface area contributed by atoms with E-state index in [2.05, 4.69) is 10.3 Å². The number of hydrogen-bond acceptors (Lipinski definition) is 3. The summed E-state index contributed by atoms with van der Waals surface area (Å²) in [4.78, 5) is 15.7. The van der Waals surface area contributed by atoms with E-state index in [4.69, 9.17) is 16.9 Å². The third kappa shape index (κ3) is 2.69. The van der Waals surface area contributed by atoms with Crippen LogP contribution in [0.3, 0.4) is 0 Å². The van der Waals surface area contributed by atoms with Crippen molar-refractivity contribution in [1.29, 1.82) is 5.26 Å². The van der Waals surface area contributed by atoms with Crippen molar-refractivity contribution in [2.24, 2.45) is 0 Å². The van der Waals surface area contributed by atoms with Gasteiger partial charge in [-0.15, -0.1) is 0 Å².